The monoisotopic (exact) mass is 1360 g/mol. The number of hydrogen-bond acceptors (Lipinski definition) is 23. The van der Waals surface area contributed by atoms with Crippen LogP contribution in [0.2, 0.25) is 0 Å². The summed E-state index contributed by atoms with van der Waals surface area (Å²) in [6.07, 6.45) is 8.22. The van der Waals surface area contributed by atoms with Crippen molar-refractivity contribution in [3.05, 3.63) is 192 Å². The Morgan fingerprint density at radius 3 is 1.04 bits per heavy atom. The zero-order valence-corrected chi connectivity index (χ0v) is 57.4. The molecule has 0 unspecified atom stereocenters. The van der Waals surface area contributed by atoms with Crippen molar-refractivity contribution in [2.45, 2.75) is 61.8 Å². The maximum atomic E-state index is 12.4. The Morgan fingerprint density at radius 2 is 0.703 bits per heavy atom. The Kier molecular flexibility index (Phi) is 24.5. The minimum Gasteiger partial charge on any atom is -0.384 e. The van der Waals surface area contributed by atoms with Crippen LogP contribution in [0.3, 0.4) is 0 Å². The quantitative estimate of drug-likeness (QED) is 0.0316. The second-order valence-electron chi connectivity index (χ2n) is 23.3. The number of rotatable bonds is 16. The normalized spacial score (nSPS) is 10.6. The number of aromatic nitrogens is 12. The summed E-state index contributed by atoms with van der Waals surface area (Å²) >= 11 is 0. The predicted octanol–water partition coefficient (Wildman–Crippen LogP) is 12.9. The van der Waals surface area contributed by atoms with Gasteiger partial charge in [-0.3, -0.25) is 56.7 Å². The van der Waals surface area contributed by atoms with Gasteiger partial charge in [-0.1, -0.05) is 24.3 Å². The fourth-order valence-corrected chi connectivity index (χ4v) is 9.81. The number of urea groups is 4. The highest BCUT2D eigenvalue weighted by atomic mass is 16.6. The number of carbonyl (C=O) groups is 4. The van der Waals surface area contributed by atoms with Crippen LogP contribution in [0.5, 0.6) is 0 Å². The van der Waals surface area contributed by atoms with Gasteiger partial charge in [0.15, 0.2) is 11.6 Å². The van der Waals surface area contributed by atoms with Crippen LogP contribution >= 0.6 is 0 Å². The van der Waals surface area contributed by atoms with Gasteiger partial charge in [0.05, 0.1) is 7.11 Å². The Hall–Kier alpha value is -13.0. The summed E-state index contributed by atoms with van der Waals surface area (Å²) in [5.74, 6) is 2.36. The zero-order valence-electron chi connectivity index (χ0n) is 57.4. The number of carbonyl (C=O) groups excluding carboxylic acids is 4. The molecule has 0 spiro atoms. The first kappa shape index (κ1) is 72.3. The van der Waals surface area contributed by atoms with Crippen LogP contribution in [0.25, 0.3) is 43.1 Å². The van der Waals surface area contributed by atoms with Crippen molar-refractivity contribution < 1.29 is 29.2 Å². The number of nitrogen functional groups attached to an aromatic ring is 1. The first-order chi connectivity index (χ1) is 48.4. The molecular weight excluding hydrogens is 1290 g/mol. The summed E-state index contributed by atoms with van der Waals surface area (Å²) < 4.78 is 0. The van der Waals surface area contributed by atoms with Gasteiger partial charge in [0.1, 0.15) is 11.6 Å². The van der Waals surface area contributed by atoms with Crippen molar-refractivity contribution >= 4 is 137 Å². The van der Waals surface area contributed by atoms with E-state index in [-0.39, 0.29) is 35.6 Å². The molecule has 12 rings (SSSR count). The van der Waals surface area contributed by atoms with Crippen molar-refractivity contribution in [3.63, 3.8) is 0 Å². The zero-order chi connectivity index (χ0) is 72.1. The summed E-state index contributed by atoms with van der Waals surface area (Å²) in [4.78, 5) is 106. The molecule has 31 heteroatoms. The van der Waals surface area contributed by atoms with Crippen LogP contribution in [0, 0.1) is 55.4 Å². The van der Waals surface area contributed by atoms with E-state index >= 15 is 0 Å². The summed E-state index contributed by atoms with van der Waals surface area (Å²) in [5.41, 5.74) is 19.3. The highest BCUT2D eigenvalue weighted by molar-refractivity contribution is 6.03. The van der Waals surface area contributed by atoms with Crippen LogP contribution in [0.15, 0.2) is 146 Å². The maximum absolute atomic E-state index is 12.4. The lowest BCUT2D eigenvalue weighted by atomic mass is 10.1. The first-order valence-electron chi connectivity index (χ1n) is 31.5. The van der Waals surface area contributed by atoms with Crippen LogP contribution in [-0.2, 0) is 4.84 Å². The summed E-state index contributed by atoms with van der Waals surface area (Å²) in [6, 6.07) is 35.3. The van der Waals surface area contributed by atoms with Crippen LogP contribution in [-0.4, -0.2) is 128 Å². The van der Waals surface area contributed by atoms with E-state index in [1.165, 1.54) is 7.11 Å². The van der Waals surface area contributed by atoms with Gasteiger partial charge < -0.3 is 37.2 Å². The van der Waals surface area contributed by atoms with Gasteiger partial charge in [-0.2, -0.15) is 19.9 Å². The average molecular weight is 1360 g/mol. The number of amides is 8. The van der Waals surface area contributed by atoms with Crippen molar-refractivity contribution in [1.82, 2.24) is 64.7 Å². The molecule has 0 atom stereocenters. The smallest absolute Gasteiger partial charge is 0.326 e. The molecule has 101 heavy (non-hydrogen) atoms. The van der Waals surface area contributed by atoms with Gasteiger partial charge in [0, 0.05) is 145 Å². The molecule has 0 radical (unpaired) electrons. The van der Waals surface area contributed by atoms with Crippen LogP contribution < -0.4 is 64.5 Å². The molecule has 31 nitrogen and oxygen atoms in total. The minimum atomic E-state index is -0.477. The third-order valence-corrected chi connectivity index (χ3v) is 14.2. The molecule has 14 N–H and O–H groups in total. The SMILES string of the molecule is CONc1cc(C)nc(NC(=O)Nc2ccc3cnc(C)cc3c2)n1.Cc1cc2cc(NC(=O)Nc3nc(C)cc(N)n3)ccc2cn1.Cc1cc2cc(NC(=O)Nc3nc(C)cc(NCCCN(C)C)n3)ccc2cn1.Cc1cc2cc(NC(=O)Nc3nc(C)cc(NO)n3)ccc2cn1. The molecule has 12 aromatic rings. The van der Waals surface area contributed by atoms with Crippen LogP contribution in [0.4, 0.5) is 89.0 Å². The van der Waals surface area contributed by atoms with Gasteiger partial charge in [0.2, 0.25) is 23.8 Å². The van der Waals surface area contributed by atoms with Gasteiger partial charge >= 0.3 is 24.1 Å². The molecule has 4 aromatic carbocycles. The third kappa shape index (κ3) is 22.5. The molecule has 0 aliphatic rings. The van der Waals surface area contributed by atoms with Gasteiger partial charge in [-0.15, -0.1) is 0 Å². The molecule has 0 aliphatic heterocycles. The van der Waals surface area contributed by atoms with E-state index in [1.807, 2.05) is 157 Å². The number of nitrogens with two attached hydrogens (primary N) is 1. The van der Waals surface area contributed by atoms with E-state index in [4.69, 9.17) is 15.8 Å². The van der Waals surface area contributed by atoms with Gasteiger partial charge in [-0.25, -0.2) is 44.6 Å². The van der Waals surface area contributed by atoms with E-state index in [2.05, 4.69) is 118 Å². The molecule has 518 valence electrons. The molecule has 0 saturated heterocycles. The van der Waals surface area contributed by atoms with Crippen molar-refractivity contribution in [1.29, 1.82) is 0 Å². The number of fused-ring (bicyclic) bond motifs is 4. The Bertz CT molecular complexity index is 4950. The second-order valence-corrected chi connectivity index (χ2v) is 23.3. The molecule has 8 amide bonds. The number of nitrogens with zero attached hydrogens (tertiary/aromatic N) is 13. The first-order valence-corrected chi connectivity index (χ1v) is 31.5. The van der Waals surface area contributed by atoms with E-state index in [9.17, 15) is 19.2 Å². The molecule has 0 fully saturated rings. The minimum absolute atomic E-state index is 0.0879. The van der Waals surface area contributed by atoms with Crippen molar-refractivity contribution in [2.75, 3.05) is 98.8 Å². The topological polar surface area (TPSA) is 414 Å². The largest absolute Gasteiger partial charge is 0.384 e. The van der Waals surface area contributed by atoms with Crippen molar-refractivity contribution in [2.24, 2.45) is 0 Å². The fourth-order valence-electron chi connectivity index (χ4n) is 9.81. The molecule has 8 aromatic heterocycles. The predicted molar refractivity (Wildman–Crippen MR) is 396 cm³/mol. The number of nitrogens with one attached hydrogen (secondary N) is 11. The Labute approximate surface area is 580 Å². The molecule has 0 bridgehead atoms. The lowest BCUT2D eigenvalue weighted by molar-refractivity contribution is 0.261. The summed E-state index contributed by atoms with van der Waals surface area (Å²) in [5, 5.41) is 41.7. The molecule has 0 aliphatic carbocycles. The highest BCUT2D eigenvalue weighted by Crippen LogP contribution is 2.25. The lowest BCUT2D eigenvalue weighted by Crippen LogP contribution is -2.21. The number of benzene rings is 4. The maximum Gasteiger partial charge on any atom is 0.326 e. The summed E-state index contributed by atoms with van der Waals surface area (Å²) in [7, 11) is 5.57. The van der Waals surface area contributed by atoms with Gasteiger partial charge in [0.25, 0.3) is 0 Å². The van der Waals surface area contributed by atoms with E-state index < -0.39 is 18.1 Å². The Balaban J connectivity index is 0.000000157. The number of anilines is 12. The van der Waals surface area contributed by atoms with E-state index in [1.54, 1.807) is 63.6 Å². The van der Waals surface area contributed by atoms with E-state index in [0.717, 1.165) is 91.1 Å². The average Bonchev–Trinajstić information content (AvgIpc) is 0.842. The number of hydrogen-bond donors (Lipinski definition) is 13. The number of pyridine rings is 4. The number of aryl methyl sites for hydroxylation is 8. The molecule has 0 saturated carbocycles. The molecular formula is C70H77N25O6. The Morgan fingerprint density at radius 1 is 0.386 bits per heavy atom. The van der Waals surface area contributed by atoms with Gasteiger partial charge in [-0.05, 0) is 177 Å². The lowest BCUT2D eigenvalue weighted by Gasteiger charge is -2.12. The van der Waals surface area contributed by atoms with Crippen molar-refractivity contribution in [3.8, 4) is 0 Å². The highest BCUT2D eigenvalue weighted by Gasteiger charge is 2.14. The summed E-state index contributed by atoms with van der Waals surface area (Å²) in [6.45, 7) is 16.7. The van der Waals surface area contributed by atoms with Crippen LogP contribution in [0.1, 0.15) is 52.0 Å². The van der Waals surface area contributed by atoms with E-state index in [0.29, 0.717) is 57.3 Å². The fraction of sp³-hybridized carbons (Fsp3) is 0.200. The third-order valence-electron chi connectivity index (χ3n) is 14.2. The second kappa shape index (κ2) is 34.3. The molecule has 8 heterocycles. The standard InChI is InChI=1S/C21H27N7O.C17H18N6O2.C16H16N6O2.C16H16N6O/c1-14-10-17-12-18(7-6-16(17)13-23-14)25-21(29)27-20-24-15(2)11-19(26-20)22-8-5-9-28(3)4;1-10-6-13-8-14(5-4-12(13)9-18-10)20-17(24)22-16-19-11(2)7-15(21-16)23-25-3;1-9-5-12-7-13(4-3-11(12)8-17-9)19-16(23)21-15-18-10(2)6-14(20-15)22-24;1-9-5-12-7-13(4-3-11(12)8-18-9)20-16(23)22-15-19-10(2)6-14(17)21-15/h6-7,10-13H,5,8-9H2,1-4H3,(H3,22,24,25,26,27,29);4-9H,1-3H3,(H3,19,20,21,22,23,24);3-8,24H,1-2H3,(H3,18,19,20,21,22,23);3-8H,1-2H3,(H4,17,19,20,21,22,23).